The number of halogens is 1. The Bertz CT molecular complexity index is 825. The summed E-state index contributed by atoms with van der Waals surface area (Å²) >= 11 is 5.79. The van der Waals surface area contributed by atoms with Crippen LogP contribution in [0, 0.1) is 0 Å². The molecule has 1 heterocycles. The molecular weight excluding hydrogens is 302 g/mol. The van der Waals surface area contributed by atoms with Gasteiger partial charge in [-0.15, -0.1) is 5.10 Å². The first-order valence-electron chi connectivity index (χ1n) is 6.58. The fraction of sp³-hybridized carbons (Fsp3) is 0.0667. The van der Waals surface area contributed by atoms with E-state index in [4.69, 9.17) is 11.6 Å². The fourth-order valence-electron chi connectivity index (χ4n) is 1.93. The molecule has 0 saturated carbocycles. The Morgan fingerprint density at radius 3 is 2.82 bits per heavy atom. The van der Waals surface area contributed by atoms with Gasteiger partial charge in [-0.25, -0.2) is 10.1 Å². The van der Waals surface area contributed by atoms with Crippen LogP contribution >= 0.6 is 11.6 Å². The van der Waals surface area contributed by atoms with Crippen LogP contribution in [0.2, 0.25) is 5.02 Å². The Balaban J connectivity index is 1.62. The predicted octanol–water partition coefficient (Wildman–Crippen LogP) is 2.24. The van der Waals surface area contributed by atoms with Gasteiger partial charge in [0.15, 0.2) is 0 Å². The summed E-state index contributed by atoms with van der Waals surface area (Å²) in [6.45, 7) is 0.0540. The molecule has 0 spiro atoms. The van der Waals surface area contributed by atoms with Crippen LogP contribution in [0.3, 0.4) is 0 Å². The second-order valence-electron chi connectivity index (χ2n) is 4.58. The highest BCUT2D eigenvalue weighted by Crippen LogP contribution is 2.09. The van der Waals surface area contributed by atoms with Gasteiger partial charge in [0, 0.05) is 5.02 Å². The molecule has 3 rings (SSSR count). The third-order valence-corrected chi connectivity index (χ3v) is 3.24. The quantitative estimate of drug-likeness (QED) is 0.593. The molecule has 6 nitrogen and oxygen atoms in total. The van der Waals surface area contributed by atoms with Crippen LogP contribution in [0.5, 0.6) is 0 Å². The van der Waals surface area contributed by atoms with E-state index in [2.05, 4.69) is 20.8 Å². The van der Waals surface area contributed by atoms with E-state index in [-0.39, 0.29) is 12.5 Å². The lowest BCUT2D eigenvalue weighted by atomic mass is 10.2. The topological polar surface area (TPSA) is 72.2 Å². The molecule has 0 aliphatic heterocycles. The molecule has 0 aliphatic rings. The second-order valence-corrected chi connectivity index (χ2v) is 5.02. The number of hydrogen-bond acceptors (Lipinski definition) is 4. The van der Waals surface area contributed by atoms with Gasteiger partial charge in [0.1, 0.15) is 12.1 Å². The van der Waals surface area contributed by atoms with Gasteiger partial charge in [0.05, 0.1) is 11.7 Å². The molecule has 1 amide bonds. The number of fused-ring (bicyclic) bond motifs is 1. The molecule has 2 aromatic carbocycles. The summed E-state index contributed by atoms with van der Waals surface area (Å²) < 4.78 is 1.53. The number of para-hydroxylation sites is 1. The monoisotopic (exact) mass is 313 g/mol. The van der Waals surface area contributed by atoms with E-state index >= 15 is 0 Å². The van der Waals surface area contributed by atoms with Crippen molar-refractivity contribution in [2.75, 3.05) is 0 Å². The maximum Gasteiger partial charge on any atom is 0.261 e. The van der Waals surface area contributed by atoms with E-state index < -0.39 is 0 Å². The summed E-state index contributed by atoms with van der Waals surface area (Å²) in [6.07, 6.45) is 1.55. The number of hydrogen-bond donors (Lipinski definition) is 1. The van der Waals surface area contributed by atoms with Crippen molar-refractivity contribution in [2.24, 2.45) is 5.10 Å². The van der Waals surface area contributed by atoms with Gasteiger partial charge in [-0.05, 0) is 29.8 Å². The van der Waals surface area contributed by atoms with Gasteiger partial charge in [0.25, 0.3) is 5.91 Å². The van der Waals surface area contributed by atoms with Gasteiger partial charge in [-0.3, -0.25) is 4.79 Å². The number of carbonyl (C=O) groups excluding carboxylic acids is 1. The van der Waals surface area contributed by atoms with Gasteiger partial charge in [0.2, 0.25) is 0 Å². The van der Waals surface area contributed by atoms with Crippen molar-refractivity contribution in [3.05, 3.63) is 59.1 Å². The first-order chi connectivity index (χ1) is 10.7. The Labute approximate surface area is 131 Å². The van der Waals surface area contributed by atoms with Crippen LogP contribution in [-0.2, 0) is 11.3 Å². The Hall–Kier alpha value is -2.73. The summed E-state index contributed by atoms with van der Waals surface area (Å²) in [5.74, 6) is -0.277. The van der Waals surface area contributed by atoms with E-state index in [1.807, 2.05) is 36.4 Å². The van der Waals surface area contributed by atoms with Crippen LogP contribution in [0.25, 0.3) is 11.0 Å². The first-order valence-corrected chi connectivity index (χ1v) is 6.96. The van der Waals surface area contributed by atoms with Crippen LogP contribution < -0.4 is 5.43 Å². The number of rotatable bonds is 4. The van der Waals surface area contributed by atoms with Crippen molar-refractivity contribution < 1.29 is 4.79 Å². The largest absolute Gasteiger partial charge is 0.271 e. The smallest absolute Gasteiger partial charge is 0.261 e. The minimum absolute atomic E-state index is 0.0540. The minimum Gasteiger partial charge on any atom is -0.271 e. The summed E-state index contributed by atoms with van der Waals surface area (Å²) in [6, 6.07) is 14.6. The Kier molecular flexibility index (Phi) is 4.11. The van der Waals surface area contributed by atoms with Crippen LogP contribution in [0.4, 0.5) is 0 Å². The summed E-state index contributed by atoms with van der Waals surface area (Å²) in [4.78, 5) is 11.9. The van der Waals surface area contributed by atoms with Crippen LogP contribution in [0.1, 0.15) is 5.56 Å². The third kappa shape index (κ3) is 3.29. The van der Waals surface area contributed by atoms with E-state index in [1.165, 1.54) is 4.68 Å². The number of amides is 1. The molecular formula is C15H12ClN5O. The van der Waals surface area contributed by atoms with Crippen molar-refractivity contribution >= 4 is 34.8 Å². The maximum absolute atomic E-state index is 11.9. The number of hydrazone groups is 1. The van der Waals surface area contributed by atoms with E-state index in [1.54, 1.807) is 18.3 Å². The molecule has 0 unspecified atom stereocenters. The predicted molar refractivity (Wildman–Crippen MR) is 84.7 cm³/mol. The molecule has 1 N–H and O–H groups in total. The first kappa shape index (κ1) is 14.2. The maximum atomic E-state index is 11.9. The Morgan fingerprint density at radius 2 is 2.00 bits per heavy atom. The lowest BCUT2D eigenvalue weighted by molar-refractivity contribution is -0.121. The van der Waals surface area contributed by atoms with Crippen LogP contribution in [0.15, 0.2) is 53.6 Å². The minimum atomic E-state index is -0.277. The molecule has 110 valence electrons. The van der Waals surface area contributed by atoms with Gasteiger partial charge >= 0.3 is 0 Å². The molecule has 3 aromatic rings. The molecule has 22 heavy (non-hydrogen) atoms. The van der Waals surface area contributed by atoms with Crippen molar-refractivity contribution in [1.29, 1.82) is 0 Å². The highest BCUT2D eigenvalue weighted by atomic mass is 35.5. The average molecular weight is 314 g/mol. The zero-order valence-electron chi connectivity index (χ0n) is 11.5. The number of benzene rings is 2. The van der Waals surface area contributed by atoms with Gasteiger partial charge < -0.3 is 0 Å². The molecule has 7 heteroatoms. The van der Waals surface area contributed by atoms with E-state index in [0.717, 1.165) is 16.6 Å². The summed E-state index contributed by atoms with van der Waals surface area (Å²) in [5, 5.41) is 12.5. The van der Waals surface area contributed by atoms with Crippen molar-refractivity contribution in [2.45, 2.75) is 6.54 Å². The van der Waals surface area contributed by atoms with E-state index in [0.29, 0.717) is 5.02 Å². The molecule has 0 atom stereocenters. The summed E-state index contributed by atoms with van der Waals surface area (Å²) in [7, 11) is 0. The van der Waals surface area contributed by atoms with Crippen molar-refractivity contribution in [3.8, 4) is 0 Å². The summed E-state index contributed by atoms with van der Waals surface area (Å²) in [5.41, 5.74) is 4.86. The van der Waals surface area contributed by atoms with Crippen molar-refractivity contribution in [3.63, 3.8) is 0 Å². The normalized spacial score (nSPS) is 11.1. The fourth-order valence-corrected chi connectivity index (χ4v) is 2.06. The lowest BCUT2D eigenvalue weighted by Crippen LogP contribution is -2.23. The van der Waals surface area contributed by atoms with Gasteiger partial charge in [-0.1, -0.05) is 41.1 Å². The lowest BCUT2D eigenvalue weighted by Gasteiger charge is -2.01. The zero-order chi connectivity index (χ0) is 15.4. The molecule has 0 aliphatic carbocycles. The standard InChI is InChI=1S/C15H12ClN5O/c16-12-7-5-11(6-8-12)9-17-19-15(22)10-21-14-4-2-1-3-13(14)18-20-21/h1-9H,10H2,(H,19,22)/b17-9-. The molecule has 0 saturated heterocycles. The highest BCUT2D eigenvalue weighted by Gasteiger charge is 2.07. The molecule has 0 bridgehead atoms. The average Bonchev–Trinajstić information content (AvgIpc) is 2.93. The molecule has 1 aromatic heterocycles. The molecule has 0 radical (unpaired) electrons. The number of carbonyl (C=O) groups is 1. The Morgan fingerprint density at radius 1 is 1.23 bits per heavy atom. The number of nitrogens with one attached hydrogen (secondary N) is 1. The molecule has 0 fully saturated rings. The van der Waals surface area contributed by atoms with Crippen molar-refractivity contribution in [1.82, 2.24) is 20.4 Å². The SMILES string of the molecule is O=C(Cn1nnc2ccccc21)N/N=C\c1ccc(Cl)cc1. The number of nitrogens with zero attached hydrogens (tertiary/aromatic N) is 4. The number of aromatic nitrogens is 3. The second kappa shape index (κ2) is 6.36. The van der Waals surface area contributed by atoms with Gasteiger partial charge in [-0.2, -0.15) is 5.10 Å². The highest BCUT2D eigenvalue weighted by molar-refractivity contribution is 6.30. The third-order valence-electron chi connectivity index (χ3n) is 2.99. The zero-order valence-corrected chi connectivity index (χ0v) is 12.2. The van der Waals surface area contributed by atoms with E-state index in [9.17, 15) is 4.79 Å². The van der Waals surface area contributed by atoms with Crippen LogP contribution in [-0.4, -0.2) is 27.1 Å².